The van der Waals surface area contributed by atoms with Crippen molar-refractivity contribution in [3.05, 3.63) is 53.6 Å². The quantitative estimate of drug-likeness (QED) is 0.758. The molecule has 3 amide bonds. The molecule has 2 aromatic rings. The van der Waals surface area contributed by atoms with Crippen LogP contribution in [-0.2, 0) is 11.0 Å². The first-order valence-corrected chi connectivity index (χ1v) is 8.90. The number of alkyl halides is 3. The normalized spacial score (nSPS) is 14.7. The number of anilines is 3. The van der Waals surface area contributed by atoms with Crippen molar-refractivity contribution in [2.75, 3.05) is 22.1 Å². The number of benzene rings is 2. The highest BCUT2D eigenvalue weighted by molar-refractivity contribution is 6.00. The van der Waals surface area contributed by atoms with E-state index in [2.05, 4.69) is 10.6 Å². The second kappa shape index (κ2) is 7.92. The van der Waals surface area contributed by atoms with Crippen molar-refractivity contribution in [3.63, 3.8) is 0 Å². The molecule has 28 heavy (non-hydrogen) atoms. The minimum atomic E-state index is -4.42. The molecule has 5 nitrogen and oxygen atoms in total. The largest absolute Gasteiger partial charge is 0.416 e. The van der Waals surface area contributed by atoms with Crippen LogP contribution in [0, 0.1) is 6.92 Å². The molecule has 0 spiro atoms. The van der Waals surface area contributed by atoms with Gasteiger partial charge >= 0.3 is 12.2 Å². The van der Waals surface area contributed by atoms with Gasteiger partial charge in [-0.15, -0.1) is 0 Å². The van der Waals surface area contributed by atoms with Gasteiger partial charge in [0, 0.05) is 30.0 Å². The predicted octanol–water partition coefficient (Wildman–Crippen LogP) is 5.17. The molecule has 2 N–H and O–H groups in total. The molecule has 0 aliphatic carbocycles. The summed E-state index contributed by atoms with van der Waals surface area (Å²) in [5.74, 6) is 0.0927. The number of piperidine rings is 1. The van der Waals surface area contributed by atoms with Crippen molar-refractivity contribution < 1.29 is 22.8 Å². The highest BCUT2D eigenvalue weighted by atomic mass is 19.4. The molecule has 1 heterocycles. The number of nitrogens with zero attached hydrogens (tertiary/aromatic N) is 1. The first-order chi connectivity index (χ1) is 13.2. The number of amides is 3. The Hall–Kier alpha value is -3.03. The van der Waals surface area contributed by atoms with E-state index in [1.165, 1.54) is 12.1 Å². The summed E-state index contributed by atoms with van der Waals surface area (Å²) in [5, 5.41) is 5.13. The van der Waals surface area contributed by atoms with Crippen LogP contribution in [0.25, 0.3) is 0 Å². The van der Waals surface area contributed by atoms with Gasteiger partial charge in [-0.1, -0.05) is 0 Å². The number of aryl methyl sites for hydroxylation is 1. The minimum absolute atomic E-state index is 0.0927. The molecule has 0 unspecified atom stereocenters. The van der Waals surface area contributed by atoms with Gasteiger partial charge in [0.25, 0.3) is 0 Å². The summed E-state index contributed by atoms with van der Waals surface area (Å²) >= 11 is 0. The Kier molecular flexibility index (Phi) is 5.58. The average molecular weight is 391 g/mol. The highest BCUT2D eigenvalue weighted by Crippen LogP contribution is 2.30. The zero-order valence-electron chi connectivity index (χ0n) is 15.3. The van der Waals surface area contributed by atoms with Gasteiger partial charge in [0.2, 0.25) is 5.91 Å². The third-order valence-corrected chi connectivity index (χ3v) is 4.54. The van der Waals surface area contributed by atoms with Crippen molar-refractivity contribution in [2.45, 2.75) is 32.4 Å². The molecule has 0 radical (unpaired) electrons. The van der Waals surface area contributed by atoms with Gasteiger partial charge in [-0.2, -0.15) is 13.2 Å². The van der Waals surface area contributed by atoms with E-state index in [0.29, 0.717) is 18.7 Å². The first-order valence-electron chi connectivity index (χ1n) is 8.90. The Morgan fingerprint density at radius 1 is 1.00 bits per heavy atom. The summed E-state index contributed by atoms with van der Waals surface area (Å²) in [4.78, 5) is 25.9. The maximum atomic E-state index is 12.6. The molecule has 1 aliphatic heterocycles. The fourth-order valence-corrected chi connectivity index (χ4v) is 3.13. The smallest absolute Gasteiger partial charge is 0.312 e. The molecule has 1 aliphatic rings. The van der Waals surface area contributed by atoms with Crippen molar-refractivity contribution >= 4 is 29.0 Å². The summed E-state index contributed by atoms with van der Waals surface area (Å²) in [6.45, 7) is 2.54. The minimum Gasteiger partial charge on any atom is -0.312 e. The monoisotopic (exact) mass is 391 g/mol. The van der Waals surface area contributed by atoms with E-state index in [9.17, 15) is 22.8 Å². The fourth-order valence-electron chi connectivity index (χ4n) is 3.13. The molecule has 2 aromatic carbocycles. The van der Waals surface area contributed by atoms with E-state index in [4.69, 9.17) is 0 Å². The van der Waals surface area contributed by atoms with E-state index in [1.54, 1.807) is 23.1 Å². The highest BCUT2D eigenvalue weighted by Gasteiger charge is 2.30. The van der Waals surface area contributed by atoms with Crippen molar-refractivity contribution in [1.29, 1.82) is 0 Å². The lowest BCUT2D eigenvalue weighted by atomic mass is 10.1. The van der Waals surface area contributed by atoms with Crippen molar-refractivity contribution in [1.82, 2.24) is 0 Å². The van der Waals surface area contributed by atoms with Gasteiger partial charge in [-0.25, -0.2) is 4.79 Å². The lowest BCUT2D eigenvalue weighted by Crippen LogP contribution is -2.35. The zero-order valence-corrected chi connectivity index (χ0v) is 15.3. The van der Waals surface area contributed by atoms with Gasteiger partial charge in [-0.05, 0) is 67.8 Å². The molecule has 8 heteroatoms. The number of hydrogen-bond acceptors (Lipinski definition) is 2. The second-order valence-corrected chi connectivity index (χ2v) is 6.66. The van der Waals surface area contributed by atoms with E-state index in [-0.39, 0.29) is 11.6 Å². The fraction of sp³-hybridized carbons (Fsp3) is 0.300. The maximum Gasteiger partial charge on any atom is 0.416 e. The Labute approximate surface area is 160 Å². The molecular formula is C20H20F3N3O2. The molecule has 1 saturated heterocycles. The molecule has 148 valence electrons. The molecule has 0 saturated carbocycles. The third-order valence-electron chi connectivity index (χ3n) is 4.54. The molecule has 0 atom stereocenters. The topological polar surface area (TPSA) is 61.4 Å². The standard InChI is InChI=1S/C20H20F3N3O2/c1-13-12-16(9-10-17(13)26-11-3-2-4-18(26)27)25-19(28)24-15-7-5-14(6-8-15)20(21,22)23/h5-10,12H,2-4,11H2,1H3,(H2,24,25,28). The lowest BCUT2D eigenvalue weighted by molar-refractivity contribution is -0.137. The lowest BCUT2D eigenvalue weighted by Gasteiger charge is -2.28. The van der Waals surface area contributed by atoms with Crippen LogP contribution in [0.4, 0.5) is 35.0 Å². The summed E-state index contributed by atoms with van der Waals surface area (Å²) in [7, 11) is 0. The van der Waals surface area contributed by atoms with Gasteiger partial charge in [0.1, 0.15) is 0 Å². The van der Waals surface area contributed by atoms with E-state index in [0.717, 1.165) is 36.2 Å². The van der Waals surface area contributed by atoms with Crippen molar-refractivity contribution in [2.24, 2.45) is 0 Å². The number of rotatable bonds is 3. The Balaban J connectivity index is 1.64. The maximum absolute atomic E-state index is 12.6. The summed E-state index contributed by atoms with van der Waals surface area (Å²) in [6.07, 6.45) is -2.02. The second-order valence-electron chi connectivity index (χ2n) is 6.66. The number of halogens is 3. The third kappa shape index (κ3) is 4.62. The van der Waals surface area contributed by atoms with E-state index >= 15 is 0 Å². The zero-order chi connectivity index (χ0) is 20.3. The van der Waals surface area contributed by atoms with Crippen LogP contribution < -0.4 is 15.5 Å². The van der Waals surface area contributed by atoms with Gasteiger partial charge in [0.15, 0.2) is 0 Å². The van der Waals surface area contributed by atoms with Crippen molar-refractivity contribution in [3.8, 4) is 0 Å². The summed E-state index contributed by atoms with van der Waals surface area (Å²) < 4.78 is 37.7. The number of carbonyl (C=O) groups is 2. The molecule has 3 rings (SSSR count). The first kappa shape index (κ1) is 19.7. The van der Waals surface area contributed by atoms with Gasteiger partial charge < -0.3 is 15.5 Å². The SMILES string of the molecule is Cc1cc(NC(=O)Nc2ccc(C(F)(F)F)cc2)ccc1N1CCCCC1=O. The van der Waals surface area contributed by atoms with Crippen LogP contribution in [0.3, 0.4) is 0 Å². The predicted molar refractivity (Wildman–Crippen MR) is 101 cm³/mol. The van der Waals surface area contributed by atoms with E-state index < -0.39 is 17.8 Å². The Bertz CT molecular complexity index is 879. The summed E-state index contributed by atoms with van der Waals surface area (Å²) in [6, 6.07) is 8.86. The van der Waals surface area contributed by atoms with Crippen LogP contribution in [0.15, 0.2) is 42.5 Å². The van der Waals surface area contributed by atoms with E-state index in [1.807, 2.05) is 6.92 Å². The van der Waals surface area contributed by atoms with Gasteiger partial charge in [0.05, 0.1) is 5.56 Å². The molecule has 0 bridgehead atoms. The summed E-state index contributed by atoms with van der Waals surface area (Å²) in [5.41, 5.74) is 1.66. The number of urea groups is 1. The average Bonchev–Trinajstić information content (AvgIpc) is 2.62. The molecule has 1 fully saturated rings. The Morgan fingerprint density at radius 3 is 2.25 bits per heavy atom. The Morgan fingerprint density at radius 2 is 1.64 bits per heavy atom. The van der Waals surface area contributed by atoms with Crippen LogP contribution in [0.2, 0.25) is 0 Å². The molecule has 0 aromatic heterocycles. The van der Waals surface area contributed by atoms with Crippen LogP contribution >= 0.6 is 0 Å². The number of carbonyl (C=O) groups excluding carboxylic acids is 2. The van der Waals surface area contributed by atoms with Crippen LogP contribution in [0.5, 0.6) is 0 Å². The van der Waals surface area contributed by atoms with Crippen LogP contribution in [-0.4, -0.2) is 18.5 Å². The molecular weight excluding hydrogens is 371 g/mol. The van der Waals surface area contributed by atoms with Gasteiger partial charge in [-0.3, -0.25) is 4.79 Å². The van der Waals surface area contributed by atoms with Crippen LogP contribution in [0.1, 0.15) is 30.4 Å². The number of nitrogens with one attached hydrogen (secondary N) is 2. The number of hydrogen-bond donors (Lipinski definition) is 2.